The van der Waals surface area contributed by atoms with Crippen molar-refractivity contribution in [3.63, 3.8) is 0 Å². The molecule has 0 aliphatic rings. The van der Waals surface area contributed by atoms with E-state index in [-0.39, 0.29) is 6.61 Å². The molecule has 0 atom stereocenters. The summed E-state index contributed by atoms with van der Waals surface area (Å²) in [6.07, 6.45) is 0.264. The summed E-state index contributed by atoms with van der Waals surface area (Å²) < 4.78 is 10.9. The first-order chi connectivity index (χ1) is 12.7. The number of primary amides is 1. The van der Waals surface area contributed by atoms with E-state index in [9.17, 15) is 9.59 Å². The third-order valence-corrected chi connectivity index (χ3v) is 3.68. The summed E-state index contributed by atoms with van der Waals surface area (Å²) in [6, 6.07) is 14.7. The molecule has 0 aliphatic carbocycles. The third-order valence-electron chi connectivity index (χ3n) is 3.68. The summed E-state index contributed by atoms with van der Waals surface area (Å²) in [7, 11) is 0. The van der Waals surface area contributed by atoms with Crippen LogP contribution >= 0.6 is 0 Å². The predicted molar refractivity (Wildman–Crippen MR) is 104 cm³/mol. The van der Waals surface area contributed by atoms with E-state index in [0.29, 0.717) is 24.3 Å². The lowest BCUT2D eigenvalue weighted by Crippen LogP contribution is -2.33. The fourth-order valence-electron chi connectivity index (χ4n) is 2.42. The molecule has 0 radical (unpaired) electrons. The first-order valence-corrected chi connectivity index (χ1v) is 8.81. The van der Waals surface area contributed by atoms with Gasteiger partial charge >= 0.3 is 6.09 Å². The fraction of sp³-hybridized carbons (Fsp3) is 0.333. The first kappa shape index (κ1) is 20.3. The van der Waals surface area contributed by atoms with Gasteiger partial charge < -0.3 is 20.5 Å². The highest BCUT2D eigenvalue weighted by Crippen LogP contribution is 2.16. The molecule has 0 saturated carbocycles. The highest BCUT2D eigenvalue weighted by Gasteiger charge is 2.15. The third kappa shape index (κ3) is 7.01. The lowest BCUT2D eigenvalue weighted by molar-refractivity contribution is 0.0528. The molecule has 3 N–H and O–H groups in total. The number of nitrogens with two attached hydrogens (primary N) is 1. The summed E-state index contributed by atoms with van der Waals surface area (Å²) in [5.74, 6) is 0.222. The van der Waals surface area contributed by atoms with Crippen LogP contribution in [0.1, 0.15) is 42.3 Å². The summed E-state index contributed by atoms with van der Waals surface area (Å²) in [4.78, 5) is 23.0. The maximum Gasteiger partial charge on any atom is 0.407 e. The average molecular weight is 370 g/mol. The van der Waals surface area contributed by atoms with Crippen LogP contribution in [-0.4, -0.2) is 24.1 Å². The zero-order valence-corrected chi connectivity index (χ0v) is 16.0. The van der Waals surface area contributed by atoms with Crippen molar-refractivity contribution in [1.82, 2.24) is 5.32 Å². The van der Waals surface area contributed by atoms with Crippen molar-refractivity contribution in [1.29, 1.82) is 0 Å². The van der Waals surface area contributed by atoms with Gasteiger partial charge in [-0.2, -0.15) is 0 Å². The second-order valence-corrected chi connectivity index (χ2v) is 7.13. The van der Waals surface area contributed by atoms with Crippen LogP contribution < -0.4 is 15.8 Å². The summed E-state index contributed by atoms with van der Waals surface area (Å²) in [6.45, 7) is 6.23. The molecule has 0 fully saturated rings. The summed E-state index contributed by atoms with van der Waals surface area (Å²) >= 11 is 0. The van der Waals surface area contributed by atoms with Crippen molar-refractivity contribution >= 4 is 12.0 Å². The second-order valence-electron chi connectivity index (χ2n) is 7.13. The van der Waals surface area contributed by atoms with Crippen molar-refractivity contribution in [2.75, 3.05) is 6.54 Å². The van der Waals surface area contributed by atoms with Crippen LogP contribution in [0.5, 0.6) is 5.75 Å². The van der Waals surface area contributed by atoms with Crippen molar-refractivity contribution < 1.29 is 19.1 Å². The normalized spacial score (nSPS) is 10.9. The number of benzene rings is 2. The number of nitrogens with one attached hydrogen (secondary N) is 1. The average Bonchev–Trinajstić information content (AvgIpc) is 2.59. The Hall–Kier alpha value is -3.02. The lowest BCUT2D eigenvalue weighted by atomic mass is 10.1. The van der Waals surface area contributed by atoms with E-state index in [2.05, 4.69) is 5.32 Å². The van der Waals surface area contributed by atoms with Gasteiger partial charge in [0.1, 0.15) is 18.0 Å². The predicted octanol–water partition coefficient (Wildman–Crippen LogP) is 3.43. The zero-order chi connectivity index (χ0) is 19.9. The van der Waals surface area contributed by atoms with Gasteiger partial charge in [-0.1, -0.05) is 30.3 Å². The van der Waals surface area contributed by atoms with E-state index >= 15 is 0 Å². The molecule has 0 aliphatic heterocycles. The quantitative estimate of drug-likeness (QED) is 0.781. The molecule has 0 spiro atoms. The molecule has 2 aromatic carbocycles. The van der Waals surface area contributed by atoms with Crippen molar-refractivity contribution in [3.8, 4) is 5.75 Å². The number of alkyl carbamates (subject to hydrolysis) is 1. The van der Waals surface area contributed by atoms with Crippen molar-refractivity contribution in [3.05, 3.63) is 65.2 Å². The molecular formula is C21H26N2O4. The van der Waals surface area contributed by atoms with Crippen LogP contribution in [0.15, 0.2) is 48.5 Å². The Kier molecular flexibility index (Phi) is 6.82. The van der Waals surface area contributed by atoms with Gasteiger partial charge in [-0.25, -0.2) is 4.79 Å². The maximum atomic E-state index is 11.6. The van der Waals surface area contributed by atoms with E-state index in [1.807, 2.05) is 57.2 Å². The number of hydrogen-bond acceptors (Lipinski definition) is 4. The van der Waals surface area contributed by atoms with Gasteiger partial charge in [0.15, 0.2) is 0 Å². The molecule has 2 amide bonds. The van der Waals surface area contributed by atoms with Crippen LogP contribution in [0.4, 0.5) is 4.79 Å². The first-order valence-electron chi connectivity index (χ1n) is 8.81. The summed E-state index contributed by atoms with van der Waals surface area (Å²) in [5, 5.41) is 2.73. The smallest absolute Gasteiger partial charge is 0.407 e. The topological polar surface area (TPSA) is 90.7 Å². The number of carbonyl (C=O) groups excluding carboxylic acids is 2. The SMILES string of the molecule is CC(C)(C)OC(=O)NCCc1ccc(OCc2ccccc2C(N)=O)cc1. The van der Waals surface area contributed by atoms with Crippen molar-refractivity contribution in [2.45, 2.75) is 39.4 Å². The number of carbonyl (C=O) groups is 2. The van der Waals surface area contributed by atoms with Crippen LogP contribution in [0.25, 0.3) is 0 Å². The molecule has 27 heavy (non-hydrogen) atoms. The van der Waals surface area contributed by atoms with Gasteiger partial charge in [0.2, 0.25) is 5.91 Å². The van der Waals surface area contributed by atoms with Crippen LogP contribution in [0, 0.1) is 0 Å². The molecular weight excluding hydrogens is 344 g/mol. The monoisotopic (exact) mass is 370 g/mol. The highest BCUT2D eigenvalue weighted by atomic mass is 16.6. The van der Waals surface area contributed by atoms with Crippen molar-refractivity contribution in [2.24, 2.45) is 5.73 Å². The van der Waals surface area contributed by atoms with Gasteiger partial charge in [0.05, 0.1) is 0 Å². The Morgan fingerprint density at radius 3 is 2.33 bits per heavy atom. The fourth-order valence-corrected chi connectivity index (χ4v) is 2.42. The van der Waals surface area contributed by atoms with Gasteiger partial charge in [-0.15, -0.1) is 0 Å². The molecule has 0 heterocycles. The van der Waals surface area contributed by atoms with Gasteiger partial charge in [0.25, 0.3) is 0 Å². The van der Waals surface area contributed by atoms with Gasteiger partial charge in [-0.05, 0) is 51.0 Å². The van der Waals surface area contributed by atoms with E-state index in [4.69, 9.17) is 15.2 Å². The zero-order valence-electron chi connectivity index (χ0n) is 16.0. The Morgan fingerprint density at radius 1 is 1.04 bits per heavy atom. The minimum atomic E-state index is -0.504. The number of hydrogen-bond donors (Lipinski definition) is 2. The van der Waals surface area contributed by atoms with Crippen LogP contribution in [-0.2, 0) is 17.8 Å². The molecule has 0 unspecified atom stereocenters. The number of rotatable bonds is 7. The minimum Gasteiger partial charge on any atom is -0.489 e. The Morgan fingerprint density at radius 2 is 1.70 bits per heavy atom. The van der Waals surface area contributed by atoms with E-state index in [1.165, 1.54) is 0 Å². The molecule has 0 saturated heterocycles. The second kappa shape index (κ2) is 9.07. The van der Waals surface area contributed by atoms with Gasteiger partial charge in [-0.3, -0.25) is 4.79 Å². The maximum absolute atomic E-state index is 11.6. The van der Waals surface area contributed by atoms with Crippen LogP contribution in [0.3, 0.4) is 0 Å². The molecule has 144 valence electrons. The lowest BCUT2D eigenvalue weighted by Gasteiger charge is -2.19. The Bertz CT molecular complexity index is 780. The standard InChI is InChI=1S/C21H26N2O4/c1-21(2,3)27-20(25)23-13-12-15-8-10-17(11-9-15)26-14-16-6-4-5-7-18(16)19(22)24/h4-11H,12-14H2,1-3H3,(H2,22,24)(H,23,25). The number of ether oxygens (including phenoxy) is 2. The minimum absolute atomic E-state index is 0.263. The van der Waals surface area contributed by atoms with E-state index in [1.54, 1.807) is 12.1 Å². The van der Waals surface area contributed by atoms with Gasteiger partial charge in [0, 0.05) is 17.7 Å². The number of amides is 2. The molecule has 6 nitrogen and oxygen atoms in total. The molecule has 0 bridgehead atoms. The largest absolute Gasteiger partial charge is 0.489 e. The molecule has 6 heteroatoms. The van der Waals surface area contributed by atoms with Crippen LogP contribution in [0.2, 0.25) is 0 Å². The molecule has 2 aromatic rings. The Labute approximate surface area is 159 Å². The molecule has 2 rings (SSSR count). The Balaban J connectivity index is 1.82. The van der Waals surface area contributed by atoms with E-state index in [0.717, 1.165) is 11.1 Å². The summed E-state index contributed by atoms with van der Waals surface area (Å²) in [5.41, 5.74) is 7.14. The molecule has 0 aromatic heterocycles. The highest BCUT2D eigenvalue weighted by molar-refractivity contribution is 5.94. The van der Waals surface area contributed by atoms with E-state index < -0.39 is 17.6 Å².